The predicted molar refractivity (Wildman–Crippen MR) is 607 cm³/mol. The average Bonchev–Trinajstić information content (AvgIpc) is 1.49. The molecule has 1 heterocycles. The van der Waals surface area contributed by atoms with Crippen LogP contribution >= 0.6 is 11.8 Å². The summed E-state index contributed by atoms with van der Waals surface area (Å²) in [5.41, 5.74) is 0.0220. The number of unbranched alkanes of at least 4 members (excludes halogenated alkanes) is 1. The van der Waals surface area contributed by atoms with E-state index in [0.717, 1.165) is 99.5 Å². The minimum absolute atomic E-state index is 0.000000000000000222. The summed E-state index contributed by atoms with van der Waals surface area (Å²) < 4.78 is 181. The van der Waals surface area contributed by atoms with Gasteiger partial charge in [-0.3, -0.25) is 0 Å². The van der Waals surface area contributed by atoms with Crippen LogP contribution in [0.3, 0.4) is 0 Å². The van der Waals surface area contributed by atoms with E-state index >= 15 is 0 Å². The highest BCUT2D eigenvalue weighted by Gasteiger charge is 2.37. The number of thioether (sulfide) groups is 1. The Kier molecular flexibility index (Phi) is 160. The van der Waals surface area contributed by atoms with E-state index < -0.39 is 59.5 Å². The Labute approximate surface area is 876 Å². The number of rotatable bonds is 36. The number of ether oxygens (including phenoxy) is 11. The molecule has 2 unspecified atom stereocenters. The van der Waals surface area contributed by atoms with Crippen molar-refractivity contribution >= 4 is 21.6 Å². The van der Waals surface area contributed by atoms with Crippen LogP contribution in [0.2, 0.25) is 0 Å². The highest BCUT2D eigenvalue weighted by atomic mass is 32.2. The van der Waals surface area contributed by atoms with Gasteiger partial charge in [0.05, 0.1) is 92.9 Å². The third kappa shape index (κ3) is 330. The monoisotopic (exact) mass is 2080 g/mol. The lowest BCUT2D eigenvalue weighted by Crippen LogP contribution is -2.39. The van der Waals surface area contributed by atoms with Gasteiger partial charge in [0.1, 0.15) is 9.84 Å². The highest BCUT2D eigenvalue weighted by molar-refractivity contribution is 7.99. The lowest BCUT2D eigenvalue weighted by atomic mass is 10.1. The van der Waals surface area contributed by atoms with Crippen LogP contribution < -0.4 is 5.32 Å². The molecule has 139 heavy (non-hydrogen) atoms. The zero-order chi connectivity index (χ0) is 118. The van der Waals surface area contributed by atoms with Crippen LogP contribution in [0.1, 0.15) is 482 Å². The number of nitrogens with one attached hydrogen (secondary N) is 1. The first-order chi connectivity index (χ1) is 63.1. The van der Waals surface area contributed by atoms with Crippen LogP contribution in [0.4, 0.5) is 35.1 Å². The van der Waals surface area contributed by atoms with Crippen molar-refractivity contribution in [2.45, 2.75) is 605 Å². The first kappa shape index (κ1) is 177. The topological polar surface area (TPSA) is 154 Å². The molecule has 1 N–H and O–H groups in total. The second kappa shape index (κ2) is 126. The summed E-state index contributed by atoms with van der Waals surface area (Å²) in [6.45, 7) is 122. The summed E-state index contributed by atoms with van der Waals surface area (Å²) in [4.78, 5) is 4.70. The number of alkyl halides is 8. The third-order valence-corrected chi connectivity index (χ3v) is 16.9. The van der Waals surface area contributed by atoms with Crippen LogP contribution in [-0.4, -0.2) is 238 Å². The molecule has 0 bridgehead atoms. The molecule has 2 aliphatic rings. The van der Waals surface area contributed by atoms with Crippen molar-refractivity contribution in [3.8, 4) is 0 Å². The summed E-state index contributed by atoms with van der Waals surface area (Å²) >= 11 is 1.88. The average molecular weight is 2090 g/mol. The fourth-order valence-electron chi connectivity index (χ4n) is 7.86. The number of nitrogens with zero attached hydrogens (tertiary/aromatic N) is 2. The molecule has 26 heteroatoms. The molecule has 1 aliphatic heterocycles. The van der Waals surface area contributed by atoms with Gasteiger partial charge in [-0.25, -0.2) is 12.8 Å². The molecular formula is C113H259F8N3O13S2. The maximum absolute atomic E-state index is 11.8. The molecule has 0 aromatic rings. The molecule has 2 atom stereocenters. The van der Waals surface area contributed by atoms with Gasteiger partial charge in [0.15, 0.2) is 12.5 Å². The Bertz CT molecular complexity index is 2100. The van der Waals surface area contributed by atoms with Crippen molar-refractivity contribution < 1.29 is 98.4 Å². The lowest BCUT2D eigenvalue weighted by Gasteiger charge is -2.31. The Balaban J connectivity index is -0.0000000654. The van der Waals surface area contributed by atoms with Crippen molar-refractivity contribution in [1.29, 1.82) is 0 Å². The summed E-state index contributed by atoms with van der Waals surface area (Å²) in [6, 6.07) is 0. The number of halogens is 8. The standard InChI is InChI=1S/C7H15N.C7H16O.C7H16.C6H11F3O.C6H15N.C6H12O.2C6H14O.C6H14.2C5H10F2O.C5H11FO.C5H13N.2C5H12O.2C5H12.C4H10O2S.C4H10O.C4H10S.C4H10/c1-7(2)6-8-4-3-5-8;1-6(2)8-7(3,4)5;1-4-5-6-7(2)3;1-4(2)10-5(3)6(7,8)9;1-6(2)5-7(3)4;1-5(2)7-6-3-4-6;1-5(2)7-6(3)4;1-4-5-7-6(2)3;1-4-5-6(2)3;2*1-4(2)8-5(3,6)7;1-4(2)7-5(3)6;1-5(2)4-6-3;2*1-4-6-5(2)3;2*1-4-5(2)3;1-4(2)7(3,5)6;2*1-4(2)5-3;1-4(2)3/h7H,3-6H2,1-2H3;6H,1-5H3;7H,4-6H2,1-3H3;4-5H,1-3H3;6H,5H2,1-4H3;5-6H,3-4H2,1-2H3;5-6H,1-4H3;6H,4-5H2,1-3H3;6H,4-5H2,1-3H3;2*4H,1-3H3;4-5H,1-3H3;5-6H,4H2,1-3H3;2*5H,4H2,1-3H3;2*5H,4H2,1-3H3;4H,1-3H3;2*4H,1-3H3;4H,1-3H3/i;;;;;;;;;;;;;4D2;;;;;;;. The smallest absolute Gasteiger partial charge is 0.382 e. The number of likely N-dealkylation sites (tertiary alicyclic amines) is 1. The van der Waals surface area contributed by atoms with E-state index in [9.17, 15) is 43.5 Å². The number of sulfone groups is 1. The predicted octanol–water partition coefficient (Wildman–Crippen LogP) is 36.1. The van der Waals surface area contributed by atoms with Gasteiger partial charge in [0, 0.05) is 53.5 Å². The van der Waals surface area contributed by atoms with E-state index in [4.69, 9.17) is 35.9 Å². The molecule has 0 aromatic carbocycles. The molecule has 1 aliphatic carbocycles. The Morgan fingerprint density at radius 3 is 0.799 bits per heavy atom. The van der Waals surface area contributed by atoms with E-state index in [0.29, 0.717) is 48.8 Å². The van der Waals surface area contributed by atoms with E-state index in [1.54, 1.807) is 90.2 Å². The molecule has 0 radical (unpaired) electrons. The van der Waals surface area contributed by atoms with Crippen molar-refractivity contribution in [2.24, 2.45) is 47.3 Å². The minimum atomic E-state index is -4.23. The van der Waals surface area contributed by atoms with Gasteiger partial charge < -0.3 is 67.2 Å². The SMILES string of the molecule is CC(C)C.CC(C)CN(C)C.CC(C)CN1CCC1.CC(C)OC(C)(C)C.CC(C)OC(C)(F)F.CC(C)OC(C)(F)F.CC(C)OC(C)C.CC(C)OC(C)C(F)(F)F.CC(C)OC(C)F.CC(C)OC1CC1.CC(C)S(C)(=O)=O.CCC(C)C.CCC(C)C.CCCC(C)C.CCCCC(C)C.CCCOC(C)C.CCOC(C)C.CNCC(C)C.COC(C)C.CSC(C)C.[2H]C([2H])(C)OC(C)C. The van der Waals surface area contributed by atoms with Crippen LogP contribution in [-0.2, 0) is 61.9 Å². The van der Waals surface area contributed by atoms with Crippen molar-refractivity contribution in [3.63, 3.8) is 0 Å². The fourth-order valence-corrected chi connectivity index (χ4v) is 7.86. The fraction of sp³-hybridized carbons (Fsp3) is 1.00. The second-order valence-electron chi connectivity index (χ2n) is 42.9. The number of hydrogen-bond donors (Lipinski definition) is 1. The Hall–Kier alpha value is -0.820. The highest BCUT2D eigenvalue weighted by Crippen LogP contribution is 2.25. The van der Waals surface area contributed by atoms with Crippen molar-refractivity contribution in [1.82, 2.24) is 15.1 Å². The molecule has 1 saturated carbocycles. The van der Waals surface area contributed by atoms with Crippen LogP contribution in [0.5, 0.6) is 0 Å². The normalized spacial score (nSPS) is 12.9. The maximum Gasteiger partial charge on any atom is 0.414 e. The number of methoxy groups -OCH3 is 1. The molecule has 2 fully saturated rings. The molecule has 0 aromatic heterocycles. The maximum atomic E-state index is 11.8. The van der Waals surface area contributed by atoms with Crippen molar-refractivity contribution in [2.75, 3.05) is 93.3 Å². The molecule has 1 saturated heterocycles. The van der Waals surface area contributed by atoms with E-state index in [2.05, 4.69) is 269 Å². The van der Waals surface area contributed by atoms with Crippen LogP contribution in [0.25, 0.3) is 0 Å². The molecule has 0 amide bonds. The van der Waals surface area contributed by atoms with Gasteiger partial charge in [-0.15, -0.1) is 0 Å². The van der Waals surface area contributed by atoms with Gasteiger partial charge in [-0.1, -0.05) is 211 Å². The summed E-state index contributed by atoms with van der Waals surface area (Å²) in [6.07, 6.45) is 7.08. The van der Waals surface area contributed by atoms with Gasteiger partial charge in [-0.2, -0.15) is 42.5 Å². The first-order valence-electron chi connectivity index (χ1n) is 54.4. The Morgan fingerprint density at radius 1 is 0.439 bits per heavy atom. The minimum Gasteiger partial charge on any atom is -0.382 e. The van der Waals surface area contributed by atoms with Crippen molar-refractivity contribution in [3.05, 3.63) is 0 Å². The van der Waals surface area contributed by atoms with Gasteiger partial charge >= 0.3 is 18.4 Å². The zero-order valence-electron chi connectivity index (χ0n) is 107. The van der Waals surface area contributed by atoms with Crippen LogP contribution in [0, 0.1) is 47.3 Å². The summed E-state index contributed by atoms with van der Waals surface area (Å²) in [5, 5.41) is 3.64. The molecule has 2 rings (SSSR count). The van der Waals surface area contributed by atoms with Gasteiger partial charge in [0.2, 0.25) is 0 Å². The van der Waals surface area contributed by atoms with Crippen LogP contribution in [0.15, 0.2) is 0 Å². The molecular weight excluding hydrogens is 1820 g/mol. The summed E-state index contributed by atoms with van der Waals surface area (Å²) in [5.74, 6) is 6.85. The third-order valence-electron chi connectivity index (χ3n) is 14.3. The van der Waals surface area contributed by atoms with Gasteiger partial charge in [0.25, 0.3) is 0 Å². The number of hydrogen-bond acceptors (Lipinski definition) is 17. The first-order valence-corrected chi connectivity index (χ1v) is 56.6. The second-order valence-corrected chi connectivity index (χ2v) is 46.9. The molecule has 16 nitrogen and oxygen atoms in total. The van der Waals surface area contributed by atoms with Gasteiger partial charge in [-0.05, 0) is 360 Å². The quantitative estimate of drug-likeness (QED) is 0.0591. The summed E-state index contributed by atoms with van der Waals surface area (Å²) in [7, 11) is 5.12. The molecule has 0 spiro atoms. The van der Waals surface area contributed by atoms with E-state index in [1.165, 1.54) is 110 Å². The largest absolute Gasteiger partial charge is 0.414 e. The Morgan fingerprint density at radius 2 is 0.763 bits per heavy atom. The zero-order valence-corrected chi connectivity index (χ0v) is 107. The van der Waals surface area contributed by atoms with E-state index in [-0.39, 0.29) is 29.2 Å². The molecule has 872 valence electrons. The van der Waals surface area contributed by atoms with E-state index in [1.807, 2.05) is 95.0 Å². The lowest BCUT2D eigenvalue weighted by molar-refractivity contribution is -0.243.